The van der Waals surface area contributed by atoms with Gasteiger partial charge in [-0.1, -0.05) is 15.9 Å². The molecule has 1 amide bonds. The summed E-state index contributed by atoms with van der Waals surface area (Å²) in [6, 6.07) is 13.6. The van der Waals surface area contributed by atoms with Gasteiger partial charge in [0.15, 0.2) is 0 Å². The quantitative estimate of drug-likeness (QED) is 0.439. The molecule has 0 aliphatic carbocycles. The van der Waals surface area contributed by atoms with Gasteiger partial charge in [0.25, 0.3) is 11.5 Å². The van der Waals surface area contributed by atoms with Gasteiger partial charge >= 0.3 is 5.63 Å². The lowest BCUT2D eigenvalue weighted by atomic mass is 10.1. The van der Waals surface area contributed by atoms with Crippen LogP contribution in [0.1, 0.15) is 10.4 Å². The van der Waals surface area contributed by atoms with Crippen LogP contribution in [0.5, 0.6) is 0 Å². The number of rotatable bonds is 5. The van der Waals surface area contributed by atoms with Crippen LogP contribution in [-0.4, -0.2) is 22.0 Å². The van der Waals surface area contributed by atoms with Gasteiger partial charge in [-0.25, -0.2) is 14.2 Å². The number of benzene rings is 2. The smallest absolute Gasteiger partial charge is 0.349 e. The fraction of sp³-hybridized carbons (Fsp3) is 0.0909. The van der Waals surface area contributed by atoms with Gasteiger partial charge in [-0.15, -0.1) is 0 Å². The normalized spacial score (nSPS) is 10.9. The molecule has 0 unspecified atom stereocenters. The van der Waals surface area contributed by atoms with E-state index in [4.69, 9.17) is 4.42 Å². The zero-order valence-corrected chi connectivity index (χ0v) is 17.6. The Balaban J connectivity index is 1.44. The van der Waals surface area contributed by atoms with Crippen LogP contribution in [0.3, 0.4) is 0 Å². The monoisotopic (exact) mass is 483 g/mol. The number of nitrogens with one attached hydrogen (secondary N) is 1. The molecule has 0 aliphatic rings. The van der Waals surface area contributed by atoms with Gasteiger partial charge in [0.1, 0.15) is 17.0 Å². The zero-order valence-electron chi connectivity index (χ0n) is 16.0. The fourth-order valence-electron chi connectivity index (χ4n) is 3.01. The standard InChI is InChI=1S/C22H15BrFN3O4/c23-15-3-6-19-14(9-15)10-17(22(30)31-19)21(29)25-7-8-27-12-26-18(11-20(27)28)13-1-4-16(24)5-2-13/h1-6,9-12H,7-8H2,(H,25,29). The SMILES string of the molecule is O=C(NCCn1cnc(-c2ccc(F)cc2)cc1=O)c1cc2cc(Br)ccc2oc1=O. The lowest BCUT2D eigenvalue weighted by Gasteiger charge is -2.08. The zero-order chi connectivity index (χ0) is 22.0. The van der Waals surface area contributed by atoms with E-state index in [0.717, 1.165) is 4.47 Å². The highest BCUT2D eigenvalue weighted by Gasteiger charge is 2.14. The number of aromatic nitrogens is 2. The van der Waals surface area contributed by atoms with Crippen molar-refractivity contribution in [1.82, 2.24) is 14.9 Å². The Morgan fingerprint density at radius 3 is 2.61 bits per heavy atom. The van der Waals surface area contributed by atoms with Crippen LogP contribution >= 0.6 is 15.9 Å². The number of carbonyl (C=O) groups is 1. The van der Waals surface area contributed by atoms with Crippen molar-refractivity contribution in [2.45, 2.75) is 6.54 Å². The summed E-state index contributed by atoms with van der Waals surface area (Å²) in [4.78, 5) is 41.1. The maximum Gasteiger partial charge on any atom is 0.349 e. The third kappa shape index (κ3) is 4.61. The van der Waals surface area contributed by atoms with Crippen molar-refractivity contribution in [2.24, 2.45) is 0 Å². The summed E-state index contributed by atoms with van der Waals surface area (Å²) in [6.45, 7) is 0.262. The van der Waals surface area contributed by atoms with E-state index in [1.54, 1.807) is 18.2 Å². The lowest BCUT2D eigenvalue weighted by Crippen LogP contribution is -2.33. The Morgan fingerprint density at radius 1 is 1.10 bits per heavy atom. The lowest BCUT2D eigenvalue weighted by molar-refractivity contribution is 0.0948. The van der Waals surface area contributed by atoms with Gasteiger partial charge in [-0.2, -0.15) is 0 Å². The van der Waals surface area contributed by atoms with Gasteiger partial charge in [0, 0.05) is 34.6 Å². The molecule has 0 aliphatic heterocycles. The number of carbonyl (C=O) groups excluding carboxylic acids is 1. The molecule has 0 spiro atoms. The van der Waals surface area contributed by atoms with E-state index >= 15 is 0 Å². The minimum Gasteiger partial charge on any atom is -0.422 e. The predicted octanol–water partition coefficient (Wildman–Crippen LogP) is 3.35. The van der Waals surface area contributed by atoms with Gasteiger partial charge in [-0.05, 0) is 48.5 Å². The molecular weight excluding hydrogens is 469 g/mol. The first-order valence-corrected chi connectivity index (χ1v) is 10.0. The molecule has 4 rings (SSSR count). The van der Waals surface area contributed by atoms with Gasteiger partial charge in [-0.3, -0.25) is 14.2 Å². The van der Waals surface area contributed by atoms with Crippen LogP contribution in [-0.2, 0) is 6.54 Å². The predicted molar refractivity (Wildman–Crippen MR) is 116 cm³/mol. The van der Waals surface area contributed by atoms with E-state index in [2.05, 4.69) is 26.2 Å². The van der Waals surface area contributed by atoms with Crippen LogP contribution < -0.4 is 16.5 Å². The number of amides is 1. The van der Waals surface area contributed by atoms with Crippen LogP contribution in [0.25, 0.3) is 22.2 Å². The minimum absolute atomic E-state index is 0.103. The average Bonchev–Trinajstić information content (AvgIpc) is 2.75. The summed E-state index contributed by atoms with van der Waals surface area (Å²) >= 11 is 3.33. The molecular formula is C22H15BrFN3O4. The number of hydrogen-bond donors (Lipinski definition) is 1. The van der Waals surface area contributed by atoms with E-state index < -0.39 is 11.5 Å². The third-order valence-electron chi connectivity index (χ3n) is 4.60. The van der Waals surface area contributed by atoms with Gasteiger partial charge in [0.05, 0.1) is 12.0 Å². The second-order valence-electron chi connectivity index (χ2n) is 6.70. The number of nitrogens with zero attached hydrogens (tertiary/aromatic N) is 2. The van der Waals surface area contributed by atoms with Crippen LogP contribution in [0.2, 0.25) is 0 Å². The summed E-state index contributed by atoms with van der Waals surface area (Å²) in [7, 11) is 0. The van der Waals surface area contributed by atoms with Crippen molar-refractivity contribution in [3.05, 3.63) is 97.6 Å². The molecule has 0 radical (unpaired) electrons. The second kappa shape index (κ2) is 8.65. The first kappa shape index (κ1) is 20.7. The largest absolute Gasteiger partial charge is 0.422 e. The number of fused-ring (bicyclic) bond motifs is 1. The molecule has 1 N–H and O–H groups in total. The molecule has 4 aromatic rings. The molecule has 31 heavy (non-hydrogen) atoms. The summed E-state index contributed by atoms with van der Waals surface area (Å²) in [6.07, 6.45) is 1.36. The molecule has 7 nitrogen and oxygen atoms in total. The third-order valence-corrected chi connectivity index (χ3v) is 5.09. The molecule has 0 fully saturated rings. The van der Waals surface area contributed by atoms with E-state index in [-0.39, 0.29) is 30.0 Å². The van der Waals surface area contributed by atoms with E-state index in [9.17, 15) is 18.8 Å². The van der Waals surface area contributed by atoms with Crippen LogP contribution in [0.4, 0.5) is 4.39 Å². The summed E-state index contributed by atoms with van der Waals surface area (Å²) in [5.41, 5.74) is 0.235. The Morgan fingerprint density at radius 2 is 1.87 bits per heavy atom. The Hall–Kier alpha value is -3.59. The summed E-state index contributed by atoms with van der Waals surface area (Å²) in [5, 5.41) is 3.21. The maximum absolute atomic E-state index is 13.0. The van der Waals surface area contributed by atoms with Gasteiger partial charge in [0.2, 0.25) is 0 Å². The van der Waals surface area contributed by atoms with Crippen molar-refractivity contribution in [2.75, 3.05) is 6.54 Å². The molecule has 0 atom stereocenters. The topological polar surface area (TPSA) is 94.2 Å². The maximum atomic E-state index is 13.0. The summed E-state index contributed by atoms with van der Waals surface area (Å²) < 4.78 is 20.3. The van der Waals surface area contributed by atoms with Crippen molar-refractivity contribution in [1.29, 1.82) is 0 Å². The Kier molecular flexibility index (Phi) is 5.77. The first-order valence-electron chi connectivity index (χ1n) is 9.25. The highest BCUT2D eigenvalue weighted by atomic mass is 79.9. The molecule has 9 heteroatoms. The molecule has 2 aromatic heterocycles. The molecule has 0 saturated carbocycles. The average molecular weight is 484 g/mol. The van der Waals surface area contributed by atoms with Crippen molar-refractivity contribution in [3.8, 4) is 11.3 Å². The fourth-order valence-corrected chi connectivity index (χ4v) is 3.39. The summed E-state index contributed by atoms with van der Waals surface area (Å²) in [5.74, 6) is -0.972. The minimum atomic E-state index is -0.741. The molecule has 2 heterocycles. The van der Waals surface area contributed by atoms with Crippen molar-refractivity contribution < 1.29 is 13.6 Å². The van der Waals surface area contributed by atoms with Crippen molar-refractivity contribution >= 4 is 32.8 Å². The molecule has 0 saturated heterocycles. The highest BCUT2D eigenvalue weighted by Crippen LogP contribution is 2.19. The van der Waals surface area contributed by atoms with Crippen molar-refractivity contribution in [3.63, 3.8) is 0 Å². The number of hydrogen-bond acceptors (Lipinski definition) is 5. The molecule has 2 aromatic carbocycles. The van der Waals surface area contributed by atoms with Gasteiger partial charge < -0.3 is 9.73 Å². The second-order valence-corrected chi connectivity index (χ2v) is 7.61. The Bertz CT molecular complexity index is 1400. The molecule has 0 bridgehead atoms. The number of halogens is 2. The van der Waals surface area contributed by atoms with Crippen LogP contribution in [0.15, 0.2) is 79.4 Å². The highest BCUT2D eigenvalue weighted by molar-refractivity contribution is 9.10. The van der Waals surface area contributed by atoms with E-state index in [1.165, 1.54) is 47.3 Å². The Labute approximate surface area is 183 Å². The van der Waals surface area contributed by atoms with Crippen LogP contribution in [0, 0.1) is 5.82 Å². The first-order chi connectivity index (χ1) is 14.9. The van der Waals surface area contributed by atoms with E-state index in [0.29, 0.717) is 22.2 Å². The van der Waals surface area contributed by atoms with E-state index in [1.807, 2.05) is 0 Å². The molecule has 156 valence electrons.